The zero-order valence-corrected chi connectivity index (χ0v) is 11.6. The highest BCUT2D eigenvalue weighted by molar-refractivity contribution is 9.10. The highest BCUT2D eigenvalue weighted by Crippen LogP contribution is 2.27. The van der Waals surface area contributed by atoms with Crippen LogP contribution in [0.4, 0.5) is 0 Å². The first-order valence-electron chi connectivity index (χ1n) is 5.62. The van der Waals surface area contributed by atoms with E-state index in [0.29, 0.717) is 21.5 Å². The largest absolute Gasteiger partial charge is 0.457 e. The second-order valence-electron chi connectivity index (χ2n) is 3.96. The lowest BCUT2D eigenvalue weighted by molar-refractivity contribution is 0.281. The van der Waals surface area contributed by atoms with Gasteiger partial charge in [0, 0.05) is 10.0 Å². The summed E-state index contributed by atoms with van der Waals surface area (Å²) in [5.74, 6) is 1.28. The summed E-state index contributed by atoms with van der Waals surface area (Å²) in [4.78, 5) is 0. The summed E-state index contributed by atoms with van der Waals surface area (Å²) in [6.07, 6.45) is 0. The maximum atomic E-state index is 9.07. The van der Waals surface area contributed by atoms with Gasteiger partial charge in [-0.1, -0.05) is 12.1 Å². The van der Waals surface area contributed by atoms with E-state index in [1.165, 1.54) is 0 Å². The number of nitrogens with one attached hydrogen (secondary N) is 1. The van der Waals surface area contributed by atoms with Crippen LogP contribution in [0.5, 0.6) is 11.5 Å². The van der Waals surface area contributed by atoms with Crippen LogP contribution in [0.2, 0.25) is 0 Å². The summed E-state index contributed by atoms with van der Waals surface area (Å²) >= 11 is 3.35. The summed E-state index contributed by atoms with van der Waals surface area (Å²) in [6.45, 7) is -0.0236. The third-order valence-corrected chi connectivity index (χ3v) is 3.20. The van der Waals surface area contributed by atoms with E-state index in [0.717, 1.165) is 5.56 Å². The Morgan fingerprint density at radius 2 is 1.95 bits per heavy atom. The van der Waals surface area contributed by atoms with Crippen LogP contribution in [0.15, 0.2) is 46.9 Å². The quantitative estimate of drug-likeness (QED) is 0.598. The minimum absolute atomic E-state index is 0.000651. The van der Waals surface area contributed by atoms with E-state index in [1.54, 1.807) is 24.3 Å². The molecule has 0 aliphatic heterocycles. The van der Waals surface area contributed by atoms with Crippen LogP contribution < -0.4 is 10.5 Å². The predicted octanol–water partition coefficient (Wildman–Crippen LogP) is 3.02. The lowest BCUT2D eigenvalue weighted by atomic mass is 10.2. The first kappa shape index (κ1) is 13.6. The molecular formula is C14H13BrN2O2. The van der Waals surface area contributed by atoms with Crippen molar-refractivity contribution in [3.63, 3.8) is 0 Å². The number of halogens is 1. The molecule has 4 nitrogen and oxygen atoms in total. The van der Waals surface area contributed by atoms with E-state index in [4.69, 9.17) is 21.0 Å². The predicted molar refractivity (Wildman–Crippen MR) is 77.6 cm³/mol. The van der Waals surface area contributed by atoms with Gasteiger partial charge in [0.1, 0.15) is 17.3 Å². The van der Waals surface area contributed by atoms with Crippen LogP contribution in [0.1, 0.15) is 11.1 Å². The second kappa shape index (κ2) is 5.86. The second-order valence-corrected chi connectivity index (χ2v) is 4.82. The van der Waals surface area contributed by atoms with E-state index in [1.807, 2.05) is 18.2 Å². The Morgan fingerprint density at radius 3 is 2.58 bits per heavy atom. The lowest BCUT2D eigenvalue weighted by Crippen LogP contribution is -2.11. The van der Waals surface area contributed by atoms with Crippen LogP contribution in [0.25, 0.3) is 0 Å². The number of benzene rings is 2. The Balaban J connectivity index is 2.23. The fourth-order valence-corrected chi connectivity index (χ4v) is 2.19. The first-order chi connectivity index (χ1) is 9.10. The zero-order chi connectivity index (χ0) is 13.8. The molecular weight excluding hydrogens is 308 g/mol. The molecule has 5 heteroatoms. The van der Waals surface area contributed by atoms with Gasteiger partial charge in [0.15, 0.2) is 0 Å². The maximum Gasteiger partial charge on any atom is 0.128 e. The number of nitrogen functional groups attached to an aromatic ring is 1. The summed E-state index contributed by atoms with van der Waals surface area (Å²) in [5, 5.41) is 16.5. The third-order valence-electron chi connectivity index (χ3n) is 2.55. The van der Waals surface area contributed by atoms with Crippen LogP contribution >= 0.6 is 15.9 Å². The monoisotopic (exact) mass is 320 g/mol. The number of hydrogen-bond acceptors (Lipinski definition) is 3. The van der Waals surface area contributed by atoms with Gasteiger partial charge in [-0.2, -0.15) is 0 Å². The van der Waals surface area contributed by atoms with Gasteiger partial charge in [-0.3, -0.25) is 5.41 Å². The van der Waals surface area contributed by atoms with Crippen LogP contribution in [0, 0.1) is 5.41 Å². The maximum absolute atomic E-state index is 9.07. The molecule has 0 saturated heterocycles. The normalized spacial score (nSPS) is 10.2. The Kier molecular flexibility index (Phi) is 4.19. The van der Waals surface area contributed by atoms with Gasteiger partial charge in [-0.25, -0.2) is 0 Å². The molecule has 2 rings (SSSR count). The molecule has 0 bridgehead atoms. The van der Waals surface area contributed by atoms with Crippen molar-refractivity contribution in [1.82, 2.24) is 0 Å². The molecule has 0 aliphatic rings. The molecule has 2 aromatic carbocycles. The van der Waals surface area contributed by atoms with Crippen molar-refractivity contribution in [3.8, 4) is 11.5 Å². The SMILES string of the molecule is N=C(N)c1ccc(Oc2cccc(CO)c2)cc1Br. The fourth-order valence-electron chi connectivity index (χ4n) is 1.62. The molecule has 19 heavy (non-hydrogen) atoms. The molecule has 0 heterocycles. The summed E-state index contributed by atoms with van der Waals surface area (Å²) < 4.78 is 6.39. The van der Waals surface area contributed by atoms with Crippen LogP contribution in [-0.2, 0) is 6.61 Å². The van der Waals surface area contributed by atoms with Gasteiger partial charge in [0.05, 0.1) is 6.61 Å². The van der Waals surface area contributed by atoms with Gasteiger partial charge < -0.3 is 15.6 Å². The first-order valence-corrected chi connectivity index (χ1v) is 6.41. The molecule has 0 fully saturated rings. The summed E-state index contributed by atoms with van der Waals surface area (Å²) in [5.41, 5.74) is 6.85. The molecule has 0 amide bonds. The topological polar surface area (TPSA) is 79.3 Å². The molecule has 98 valence electrons. The average molecular weight is 321 g/mol. The minimum atomic E-state index is -0.0236. The number of nitrogens with two attached hydrogens (primary N) is 1. The molecule has 2 aromatic rings. The highest BCUT2D eigenvalue weighted by atomic mass is 79.9. The van der Waals surface area contributed by atoms with E-state index < -0.39 is 0 Å². The van der Waals surface area contributed by atoms with Crippen LogP contribution in [0.3, 0.4) is 0 Å². The number of rotatable bonds is 4. The van der Waals surface area contributed by atoms with Gasteiger partial charge in [0.25, 0.3) is 0 Å². The number of amidine groups is 1. The van der Waals surface area contributed by atoms with Crippen molar-refractivity contribution in [1.29, 1.82) is 5.41 Å². The molecule has 0 aliphatic carbocycles. The number of aliphatic hydroxyl groups is 1. The summed E-state index contributed by atoms with van der Waals surface area (Å²) in [6, 6.07) is 12.4. The molecule has 0 unspecified atom stereocenters. The van der Waals surface area contributed by atoms with Crippen molar-refractivity contribution in [2.75, 3.05) is 0 Å². The fraction of sp³-hybridized carbons (Fsp3) is 0.0714. The van der Waals surface area contributed by atoms with E-state index in [9.17, 15) is 0 Å². The Hall–Kier alpha value is -1.85. The van der Waals surface area contributed by atoms with E-state index >= 15 is 0 Å². The summed E-state index contributed by atoms with van der Waals surface area (Å²) in [7, 11) is 0. The van der Waals surface area contributed by atoms with E-state index in [-0.39, 0.29) is 12.4 Å². The van der Waals surface area contributed by atoms with Crippen LogP contribution in [-0.4, -0.2) is 10.9 Å². The number of hydrogen-bond donors (Lipinski definition) is 3. The average Bonchev–Trinajstić information content (AvgIpc) is 2.38. The van der Waals surface area contributed by atoms with Crippen molar-refractivity contribution in [2.45, 2.75) is 6.61 Å². The van der Waals surface area contributed by atoms with Gasteiger partial charge in [-0.05, 0) is 51.8 Å². The molecule has 4 N–H and O–H groups in total. The van der Waals surface area contributed by atoms with Gasteiger partial charge >= 0.3 is 0 Å². The van der Waals surface area contributed by atoms with Gasteiger partial charge in [-0.15, -0.1) is 0 Å². The third kappa shape index (κ3) is 3.33. The molecule has 0 radical (unpaired) electrons. The number of aliphatic hydroxyl groups excluding tert-OH is 1. The Morgan fingerprint density at radius 1 is 1.21 bits per heavy atom. The molecule has 0 aromatic heterocycles. The zero-order valence-electron chi connectivity index (χ0n) is 10.1. The lowest BCUT2D eigenvalue weighted by Gasteiger charge is -2.09. The van der Waals surface area contributed by atoms with E-state index in [2.05, 4.69) is 15.9 Å². The molecule has 0 atom stereocenters. The molecule has 0 saturated carbocycles. The number of ether oxygens (including phenoxy) is 1. The Bertz CT molecular complexity index is 614. The van der Waals surface area contributed by atoms with Crippen molar-refractivity contribution < 1.29 is 9.84 Å². The minimum Gasteiger partial charge on any atom is -0.457 e. The van der Waals surface area contributed by atoms with Gasteiger partial charge in [0.2, 0.25) is 0 Å². The molecule has 0 spiro atoms. The standard InChI is InChI=1S/C14H13BrN2O2/c15-13-7-11(4-5-12(13)14(16)17)19-10-3-1-2-9(6-10)8-18/h1-7,18H,8H2,(H3,16,17). The highest BCUT2D eigenvalue weighted by Gasteiger charge is 2.05. The van der Waals surface area contributed by atoms with Crippen molar-refractivity contribution >= 4 is 21.8 Å². The van der Waals surface area contributed by atoms with Crippen molar-refractivity contribution in [3.05, 3.63) is 58.1 Å². The van der Waals surface area contributed by atoms with Crippen molar-refractivity contribution in [2.24, 2.45) is 5.73 Å². The Labute approximate surface area is 119 Å². The smallest absolute Gasteiger partial charge is 0.128 e.